The Morgan fingerprint density at radius 3 is 2.95 bits per heavy atom. The molecule has 3 rings (SSSR count). The predicted molar refractivity (Wildman–Crippen MR) is 74.3 cm³/mol. The van der Waals surface area contributed by atoms with E-state index in [2.05, 4.69) is 20.1 Å². The Hall–Kier alpha value is -2.54. The van der Waals surface area contributed by atoms with Gasteiger partial charge in [-0.3, -0.25) is 19.9 Å². The Balaban J connectivity index is 2.22. The van der Waals surface area contributed by atoms with Crippen LogP contribution in [0.25, 0.3) is 17.0 Å². The van der Waals surface area contributed by atoms with Crippen LogP contribution in [-0.2, 0) is 6.42 Å². The lowest BCUT2D eigenvalue weighted by atomic mass is 10.2. The summed E-state index contributed by atoms with van der Waals surface area (Å²) in [4.78, 5) is 25.0. The molecule has 0 amide bonds. The molecular weight excluding hydrogens is 256 g/mol. The van der Waals surface area contributed by atoms with Gasteiger partial charge in [0.05, 0.1) is 11.9 Å². The van der Waals surface area contributed by atoms with E-state index in [1.165, 1.54) is 4.52 Å². The molecule has 0 aliphatic rings. The molecular formula is C13H14N6O. The highest BCUT2D eigenvalue weighted by Crippen LogP contribution is 2.15. The van der Waals surface area contributed by atoms with E-state index in [-0.39, 0.29) is 5.56 Å². The van der Waals surface area contributed by atoms with Crippen molar-refractivity contribution >= 4 is 5.65 Å². The summed E-state index contributed by atoms with van der Waals surface area (Å²) in [6.45, 7) is 2.24. The minimum absolute atomic E-state index is 0.118. The molecule has 7 nitrogen and oxygen atoms in total. The van der Waals surface area contributed by atoms with Gasteiger partial charge in [0.1, 0.15) is 5.69 Å². The molecule has 0 aliphatic carbocycles. The first-order chi connectivity index (χ1) is 9.70. The molecule has 3 aromatic rings. The van der Waals surface area contributed by atoms with Gasteiger partial charge in [-0.05, 0) is 19.9 Å². The summed E-state index contributed by atoms with van der Waals surface area (Å²) in [6.07, 6.45) is 5.34. The zero-order chi connectivity index (χ0) is 14.1. The van der Waals surface area contributed by atoms with Crippen LogP contribution in [0.15, 0.2) is 29.5 Å². The van der Waals surface area contributed by atoms with Crippen LogP contribution in [0.3, 0.4) is 0 Å². The van der Waals surface area contributed by atoms with Gasteiger partial charge in [0.15, 0.2) is 5.65 Å². The summed E-state index contributed by atoms with van der Waals surface area (Å²) < 4.78 is 1.42. The molecule has 0 spiro atoms. The number of nitrogens with one attached hydrogen (secondary N) is 1. The number of aromatic amines is 1. The lowest BCUT2D eigenvalue weighted by molar-refractivity contribution is 0.834. The van der Waals surface area contributed by atoms with Crippen LogP contribution in [0, 0.1) is 6.92 Å². The third-order valence-electron chi connectivity index (χ3n) is 3.15. The van der Waals surface area contributed by atoms with Gasteiger partial charge in [-0.1, -0.05) is 0 Å². The summed E-state index contributed by atoms with van der Waals surface area (Å²) in [6, 6.07) is 1.78. The maximum absolute atomic E-state index is 12.4. The van der Waals surface area contributed by atoms with Crippen molar-refractivity contribution in [1.29, 1.82) is 0 Å². The summed E-state index contributed by atoms with van der Waals surface area (Å²) in [5, 5.41) is 3.00. The summed E-state index contributed by atoms with van der Waals surface area (Å²) in [7, 11) is 0. The fourth-order valence-corrected chi connectivity index (χ4v) is 2.17. The minimum Gasteiger partial charge on any atom is -0.330 e. The number of aromatic nitrogens is 5. The van der Waals surface area contributed by atoms with Gasteiger partial charge < -0.3 is 5.73 Å². The molecule has 0 atom stereocenters. The van der Waals surface area contributed by atoms with Gasteiger partial charge in [0.2, 0.25) is 0 Å². The average molecular weight is 270 g/mol. The number of nitrogens with two attached hydrogens (primary N) is 1. The maximum atomic E-state index is 12.4. The minimum atomic E-state index is -0.118. The molecule has 3 heterocycles. The Bertz CT molecular complexity index is 805. The molecule has 0 aliphatic heterocycles. The van der Waals surface area contributed by atoms with E-state index in [1.54, 1.807) is 24.7 Å². The number of rotatable bonds is 3. The van der Waals surface area contributed by atoms with E-state index in [0.717, 1.165) is 0 Å². The van der Waals surface area contributed by atoms with Gasteiger partial charge in [-0.15, -0.1) is 0 Å². The van der Waals surface area contributed by atoms with Crippen molar-refractivity contribution in [3.63, 3.8) is 0 Å². The quantitative estimate of drug-likeness (QED) is 0.712. The van der Waals surface area contributed by atoms with Gasteiger partial charge in [-0.25, -0.2) is 9.50 Å². The van der Waals surface area contributed by atoms with Crippen molar-refractivity contribution < 1.29 is 0 Å². The zero-order valence-corrected chi connectivity index (χ0v) is 11.0. The smallest absolute Gasteiger partial charge is 0.276 e. The van der Waals surface area contributed by atoms with Crippen LogP contribution in [0.1, 0.15) is 11.3 Å². The molecule has 0 fully saturated rings. The number of nitrogens with zero attached hydrogens (tertiary/aromatic N) is 4. The lowest BCUT2D eigenvalue weighted by Gasteiger charge is -2.03. The fraction of sp³-hybridized carbons (Fsp3) is 0.231. The first kappa shape index (κ1) is 12.5. The van der Waals surface area contributed by atoms with E-state index in [0.29, 0.717) is 41.3 Å². The molecule has 0 radical (unpaired) electrons. The van der Waals surface area contributed by atoms with Gasteiger partial charge in [-0.2, -0.15) is 0 Å². The average Bonchev–Trinajstić information content (AvgIpc) is 2.88. The van der Waals surface area contributed by atoms with Crippen LogP contribution < -0.4 is 11.3 Å². The highest BCUT2D eigenvalue weighted by atomic mass is 16.1. The van der Waals surface area contributed by atoms with Gasteiger partial charge >= 0.3 is 0 Å². The molecule has 0 saturated heterocycles. The topological polar surface area (TPSA) is 102 Å². The van der Waals surface area contributed by atoms with Crippen molar-refractivity contribution in [3.8, 4) is 11.4 Å². The number of aryl methyl sites for hydroxylation is 1. The molecule has 20 heavy (non-hydrogen) atoms. The number of hydrogen-bond donors (Lipinski definition) is 2. The Labute approximate surface area is 114 Å². The first-order valence-electron chi connectivity index (χ1n) is 6.28. The highest BCUT2D eigenvalue weighted by molar-refractivity contribution is 5.59. The number of H-pyrrole nitrogens is 1. The third kappa shape index (κ3) is 1.97. The predicted octanol–water partition coefficient (Wildman–Crippen LogP) is 0.289. The largest absolute Gasteiger partial charge is 0.330 e. The second-order valence-corrected chi connectivity index (χ2v) is 4.47. The normalized spacial score (nSPS) is 11.1. The maximum Gasteiger partial charge on any atom is 0.276 e. The van der Waals surface area contributed by atoms with Crippen LogP contribution in [-0.4, -0.2) is 31.1 Å². The van der Waals surface area contributed by atoms with E-state index in [4.69, 9.17) is 5.73 Å². The summed E-state index contributed by atoms with van der Waals surface area (Å²) >= 11 is 0. The third-order valence-corrected chi connectivity index (χ3v) is 3.15. The van der Waals surface area contributed by atoms with Gasteiger partial charge in [0, 0.05) is 29.7 Å². The first-order valence-corrected chi connectivity index (χ1v) is 6.28. The molecule has 0 unspecified atom stereocenters. The van der Waals surface area contributed by atoms with E-state index in [1.807, 2.05) is 6.92 Å². The van der Waals surface area contributed by atoms with Gasteiger partial charge in [0.25, 0.3) is 5.56 Å². The summed E-state index contributed by atoms with van der Waals surface area (Å²) in [5.74, 6) is 0. The Morgan fingerprint density at radius 1 is 1.40 bits per heavy atom. The number of hydrogen-bond acceptors (Lipinski definition) is 5. The highest BCUT2D eigenvalue weighted by Gasteiger charge is 2.12. The molecule has 0 aromatic carbocycles. The van der Waals surface area contributed by atoms with E-state index in [9.17, 15) is 4.79 Å². The van der Waals surface area contributed by atoms with Crippen molar-refractivity contribution in [3.05, 3.63) is 46.3 Å². The van der Waals surface area contributed by atoms with Crippen molar-refractivity contribution in [2.75, 3.05) is 6.54 Å². The molecule has 7 heteroatoms. The second-order valence-electron chi connectivity index (χ2n) is 4.47. The fourth-order valence-electron chi connectivity index (χ4n) is 2.17. The lowest BCUT2D eigenvalue weighted by Crippen LogP contribution is -2.23. The molecule has 0 saturated carbocycles. The summed E-state index contributed by atoms with van der Waals surface area (Å²) in [5.41, 5.74) is 8.69. The van der Waals surface area contributed by atoms with Crippen molar-refractivity contribution in [2.45, 2.75) is 13.3 Å². The number of fused-ring (bicyclic) bond motifs is 1. The molecule has 0 bridgehead atoms. The van der Waals surface area contributed by atoms with E-state index < -0.39 is 0 Å². The second kappa shape index (κ2) is 4.86. The van der Waals surface area contributed by atoms with Crippen molar-refractivity contribution in [1.82, 2.24) is 24.6 Å². The molecule has 3 N–H and O–H groups in total. The SMILES string of the molecule is Cc1nc2cc(-c3cnccn3)[nH]n2c(=O)c1CCN. The monoisotopic (exact) mass is 270 g/mol. The van der Waals surface area contributed by atoms with E-state index >= 15 is 0 Å². The van der Waals surface area contributed by atoms with Crippen LogP contribution >= 0.6 is 0 Å². The zero-order valence-electron chi connectivity index (χ0n) is 11.0. The molecule has 102 valence electrons. The Morgan fingerprint density at radius 2 is 2.25 bits per heavy atom. The van der Waals surface area contributed by atoms with Crippen molar-refractivity contribution in [2.24, 2.45) is 5.73 Å². The van der Waals surface area contributed by atoms with Crippen LogP contribution in [0.2, 0.25) is 0 Å². The standard InChI is InChI=1S/C13H14N6O/c1-8-9(2-3-14)13(20)19-12(17-8)6-10(18-19)11-7-15-4-5-16-11/h4-7,18H,2-3,14H2,1H3. The Kier molecular flexibility index (Phi) is 3.03. The molecule has 3 aromatic heterocycles. The van der Waals surface area contributed by atoms with Crippen LogP contribution in [0.5, 0.6) is 0 Å². The van der Waals surface area contributed by atoms with Crippen LogP contribution in [0.4, 0.5) is 0 Å².